The lowest BCUT2D eigenvalue weighted by atomic mass is 10.2. The van der Waals surface area contributed by atoms with Crippen LogP contribution in [-0.4, -0.2) is 17.5 Å². The Morgan fingerprint density at radius 1 is 1.38 bits per heavy atom. The van der Waals surface area contributed by atoms with E-state index in [-0.39, 0.29) is 5.69 Å². The first-order valence-electron chi connectivity index (χ1n) is 6.51. The highest BCUT2D eigenvalue weighted by atomic mass is 35.5. The first kappa shape index (κ1) is 15.1. The molecular weight excluding hydrogens is 290 g/mol. The Hall–Kier alpha value is -2.27. The highest BCUT2D eigenvalue weighted by Crippen LogP contribution is 2.25. The molecule has 1 heterocycles. The second-order valence-corrected chi connectivity index (χ2v) is 4.75. The van der Waals surface area contributed by atoms with Gasteiger partial charge in [0.25, 0.3) is 5.91 Å². The molecule has 0 fully saturated rings. The van der Waals surface area contributed by atoms with Crippen molar-refractivity contribution in [1.29, 1.82) is 0 Å². The average Bonchev–Trinajstić information content (AvgIpc) is 2.48. The molecule has 0 aliphatic heterocycles. The zero-order chi connectivity index (χ0) is 15.2. The number of hydrogen-bond acceptors (Lipinski definition) is 4. The number of ether oxygens (including phenoxy) is 1. The van der Waals surface area contributed by atoms with Crippen molar-refractivity contribution in [3.63, 3.8) is 0 Å². The van der Waals surface area contributed by atoms with E-state index in [1.807, 2.05) is 25.1 Å². The van der Waals surface area contributed by atoms with Crippen molar-refractivity contribution in [1.82, 2.24) is 4.98 Å². The van der Waals surface area contributed by atoms with Crippen molar-refractivity contribution >= 4 is 23.2 Å². The number of amides is 1. The summed E-state index contributed by atoms with van der Waals surface area (Å²) in [6.45, 7) is 3.05. The van der Waals surface area contributed by atoms with Crippen LogP contribution in [-0.2, 0) is 6.54 Å². The Bertz CT molecular complexity index is 647. The minimum Gasteiger partial charge on any atom is -0.492 e. The maximum absolute atomic E-state index is 11.1. The Kier molecular flexibility index (Phi) is 5.00. The monoisotopic (exact) mass is 305 g/mol. The van der Waals surface area contributed by atoms with Gasteiger partial charge in [0.2, 0.25) is 0 Å². The minimum absolute atomic E-state index is 0.227. The van der Waals surface area contributed by atoms with E-state index < -0.39 is 5.91 Å². The minimum atomic E-state index is -0.553. The fraction of sp³-hybridized carbons (Fsp3) is 0.200. The fourth-order valence-corrected chi connectivity index (χ4v) is 2.06. The molecule has 1 aromatic carbocycles. The molecule has 1 aromatic heterocycles. The summed E-state index contributed by atoms with van der Waals surface area (Å²) in [6.07, 6.45) is 1.54. The van der Waals surface area contributed by atoms with Crippen LogP contribution in [0.3, 0.4) is 0 Å². The normalized spacial score (nSPS) is 10.2. The van der Waals surface area contributed by atoms with Crippen LogP contribution < -0.4 is 15.8 Å². The molecule has 0 aliphatic rings. The predicted octanol–water partition coefficient (Wildman–Crippen LogP) is 2.84. The number of anilines is 1. The van der Waals surface area contributed by atoms with Gasteiger partial charge in [-0.05, 0) is 36.8 Å². The number of pyridine rings is 1. The van der Waals surface area contributed by atoms with Crippen molar-refractivity contribution in [2.75, 3.05) is 11.9 Å². The summed E-state index contributed by atoms with van der Waals surface area (Å²) in [6, 6.07) is 8.99. The molecule has 21 heavy (non-hydrogen) atoms. The molecule has 0 saturated heterocycles. The topological polar surface area (TPSA) is 77.2 Å². The number of benzene rings is 1. The van der Waals surface area contributed by atoms with Crippen LogP contribution >= 0.6 is 11.6 Å². The first-order valence-corrected chi connectivity index (χ1v) is 6.89. The van der Waals surface area contributed by atoms with Gasteiger partial charge in [-0.1, -0.05) is 17.7 Å². The molecule has 5 nitrogen and oxygen atoms in total. The summed E-state index contributed by atoms with van der Waals surface area (Å²) in [7, 11) is 0. The van der Waals surface area contributed by atoms with Crippen molar-refractivity contribution in [2.45, 2.75) is 13.5 Å². The van der Waals surface area contributed by atoms with Gasteiger partial charge in [-0.2, -0.15) is 0 Å². The van der Waals surface area contributed by atoms with Gasteiger partial charge >= 0.3 is 0 Å². The van der Waals surface area contributed by atoms with Crippen LogP contribution in [0.2, 0.25) is 5.02 Å². The average molecular weight is 306 g/mol. The number of aromatic nitrogens is 1. The highest BCUT2D eigenvalue weighted by Gasteiger charge is 2.05. The highest BCUT2D eigenvalue weighted by molar-refractivity contribution is 6.32. The predicted molar refractivity (Wildman–Crippen MR) is 82.7 cm³/mol. The number of nitrogens with one attached hydrogen (secondary N) is 1. The molecule has 0 spiro atoms. The number of carbonyl (C=O) groups excluding carboxylic acids is 1. The van der Waals surface area contributed by atoms with Gasteiger partial charge < -0.3 is 15.8 Å². The molecule has 0 atom stereocenters. The number of carbonyl (C=O) groups is 1. The van der Waals surface area contributed by atoms with Crippen molar-refractivity contribution in [3.05, 3.63) is 52.8 Å². The Balaban J connectivity index is 2.04. The SMILES string of the molecule is CCOc1ccc(CNc2ccnc(C(N)=O)c2)cc1Cl. The molecule has 0 saturated carbocycles. The lowest BCUT2D eigenvalue weighted by Gasteiger charge is -2.10. The van der Waals surface area contributed by atoms with Gasteiger partial charge in [0.05, 0.1) is 11.6 Å². The van der Waals surface area contributed by atoms with E-state index in [1.165, 1.54) is 6.20 Å². The number of primary amides is 1. The van der Waals surface area contributed by atoms with Crippen LogP contribution in [0.4, 0.5) is 5.69 Å². The standard InChI is InChI=1S/C15H16ClN3O2/c1-2-21-14-4-3-10(7-12(14)16)9-19-11-5-6-18-13(8-11)15(17)20/h3-8H,2,9H2,1H3,(H2,17,20)(H,18,19). The maximum atomic E-state index is 11.1. The van der Waals surface area contributed by atoms with Crippen molar-refractivity contribution in [3.8, 4) is 5.75 Å². The number of halogens is 1. The van der Waals surface area contributed by atoms with Gasteiger partial charge in [0.15, 0.2) is 0 Å². The van der Waals surface area contributed by atoms with E-state index >= 15 is 0 Å². The summed E-state index contributed by atoms with van der Waals surface area (Å²) in [4.78, 5) is 15.0. The summed E-state index contributed by atoms with van der Waals surface area (Å²) in [5, 5.41) is 3.76. The summed E-state index contributed by atoms with van der Waals surface area (Å²) < 4.78 is 5.38. The second kappa shape index (κ2) is 6.95. The summed E-state index contributed by atoms with van der Waals surface area (Å²) in [5.41, 5.74) is 7.19. The van der Waals surface area contributed by atoms with Gasteiger partial charge in [-0.25, -0.2) is 0 Å². The van der Waals surface area contributed by atoms with Crippen molar-refractivity contribution < 1.29 is 9.53 Å². The van der Waals surface area contributed by atoms with Crippen LogP contribution in [0.15, 0.2) is 36.5 Å². The van der Waals surface area contributed by atoms with Gasteiger partial charge in [-0.15, -0.1) is 0 Å². The van der Waals surface area contributed by atoms with Crippen molar-refractivity contribution in [2.24, 2.45) is 5.73 Å². The van der Waals surface area contributed by atoms with Gasteiger partial charge in [-0.3, -0.25) is 9.78 Å². The Labute approximate surface area is 128 Å². The smallest absolute Gasteiger partial charge is 0.267 e. The zero-order valence-electron chi connectivity index (χ0n) is 11.6. The molecular formula is C15H16ClN3O2. The molecule has 0 radical (unpaired) electrons. The number of nitrogens with two attached hydrogens (primary N) is 1. The molecule has 2 aromatic rings. The van der Waals surface area contributed by atoms with E-state index in [4.69, 9.17) is 22.1 Å². The molecule has 6 heteroatoms. The summed E-state index contributed by atoms with van der Waals surface area (Å²) in [5.74, 6) is 0.116. The number of hydrogen-bond donors (Lipinski definition) is 2. The zero-order valence-corrected chi connectivity index (χ0v) is 12.4. The van der Waals surface area contributed by atoms with Gasteiger partial charge in [0, 0.05) is 18.4 Å². The van der Waals surface area contributed by atoms with E-state index in [0.29, 0.717) is 23.9 Å². The van der Waals surface area contributed by atoms with Crippen LogP contribution in [0, 0.1) is 0 Å². The molecule has 0 aliphatic carbocycles. The third kappa shape index (κ3) is 4.10. The third-order valence-corrected chi connectivity index (χ3v) is 3.10. The molecule has 0 bridgehead atoms. The van der Waals surface area contributed by atoms with Gasteiger partial charge in [0.1, 0.15) is 11.4 Å². The molecule has 3 N–H and O–H groups in total. The van der Waals surface area contributed by atoms with E-state index in [2.05, 4.69) is 10.3 Å². The first-order chi connectivity index (χ1) is 10.1. The largest absolute Gasteiger partial charge is 0.492 e. The van der Waals surface area contributed by atoms with Crippen LogP contribution in [0.1, 0.15) is 23.0 Å². The lowest BCUT2D eigenvalue weighted by molar-refractivity contribution is 0.0995. The summed E-state index contributed by atoms with van der Waals surface area (Å²) >= 11 is 6.13. The fourth-order valence-electron chi connectivity index (χ4n) is 1.81. The molecule has 1 amide bonds. The maximum Gasteiger partial charge on any atom is 0.267 e. The second-order valence-electron chi connectivity index (χ2n) is 4.35. The quantitative estimate of drug-likeness (QED) is 0.860. The Morgan fingerprint density at radius 2 is 2.19 bits per heavy atom. The number of rotatable bonds is 6. The molecule has 110 valence electrons. The van der Waals surface area contributed by atoms with E-state index in [1.54, 1.807) is 12.1 Å². The van der Waals surface area contributed by atoms with E-state index in [0.717, 1.165) is 11.3 Å². The third-order valence-electron chi connectivity index (χ3n) is 2.81. The molecule has 2 rings (SSSR count). The van der Waals surface area contributed by atoms with Crippen LogP contribution in [0.5, 0.6) is 5.75 Å². The Morgan fingerprint density at radius 3 is 2.86 bits per heavy atom. The van der Waals surface area contributed by atoms with E-state index in [9.17, 15) is 4.79 Å². The number of nitrogens with zero attached hydrogens (tertiary/aromatic N) is 1. The van der Waals surface area contributed by atoms with Crippen LogP contribution in [0.25, 0.3) is 0 Å². The molecule has 0 unspecified atom stereocenters. The lowest BCUT2D eigenvalue weighted by Crippen LogP contribution is -2.13.